The van der Waals surface area contributed by atoms with E-state index in [9.17, 15) is 8.42 Å². The molecule has 1 rings (SSSR count). The standard InChI is InChI=1S/C11H20N2O2S2/c1-4-8-17(14,15)9-6-13-11(2,3)10-12-5-7-16-10/h5,7,13H,4,6,8-9H2,1-3H3. The molecule has 0 aliphatic carbocycles. The van der Waals surface area contributed by atoms with Gasteiger partial charge in [0.2, 0.25) is 0 Å². The molecule has 98 valence electrons. The van der Waals surface area contributed by atoms with Gasteiger partial charge >= 0.3 is 0 Å². The molecule has 0 unspecified atom stereocenters. The highest BCUT2D eigenvalue weighted by atomic mass is 32.2. The molecule has 0 spiro atoms. The average Bonchev–Trinajstić information content (AvgIpc) is 2.69. The Kier molecular flexibility index (Phi) is 5.09. The lowest BCUT2D eigenvalue weighted by molar-refractivity contribution is 0.413. The molecule has 0 aromatic carbocycles. The first-order valence-corrected chi connectivity index (χ1v) is 8.43. The molecular formula is C11H20N2O2S2. The van der Waals surface area contributed by atoms with Crippen LogP contribution in [-0.2, 0) is 15.4 Å². The van der Waals surface area contributed by atoms with E-state index in [1.165, 1.54) is 0 Å². The van der Waals surface area contributed by atoms with Gasteiger partial charge in [-0.2, -0.15) is 0 Å². The number of nitrogens with zero attached hydrogens (tertiary/aromatic N) is 1. The van der Waals surface area contributed by atoms with Crippen LogP contribution >= 0.6 is 11.3 Å². The van der Waals surface area contributed by atoms with Crippen LogP contribution in [0.25, 0.3) is 0 Å². The minimum atomic E-state index is -2.90. The van der Waals surface area contributed by atoms with E-state index < -0.39 is 9.84 Å². The van der Waals surface area contributed by atoms with Crippen molar-refractivity contribution in [1.29, 1.82) is 0 Å². The van der Waals surface area contributed by atoms with E-state index in [4.69, 9.17) is 0 Å². The lowest BCUT2D eigenvalue weighted by atomic mass is 10.1. The Balaban J connectivity index is 2.46. The number of rotatable bonds is 7. The average molecular weight is 276 g/mol. The number of hydrogen-bond donors (Lipinski definition) is 1. The molecular weight excluding hydrogens is 256 g/mol. The fourth-order valence-corrected chi connectivity index (χ4v) is 3.52. The minimum Gasteiger partial charge on any atom is -0.305 e. The molecule has 0 saturated carbocycles. The molecule has 4 nitrogen and oxygen atoms in total. The molecule has 0 bridgehead atoms. The zero-order valence-corrected chi connectivity index (χ0v) is 12.2. The molecule has 0 radical (unpaired) electrons. The summed E-state index contributed by atoms with van der Waals surface area (Å²) in [6.45, 7) is 6.37. The topological polar surface area (TPSA) is 59.1 Å². The Morgan fingerprint density at radius 2 is 2.12 bits per heavy atom. The lowest BCUT2D eigenvalue weighted by Gasteiger charge is -2.23. The first-order chi connectivity index (χ1) is 7.87. The van der Waals surface area contributed by atoms with Crippen molar-refractivity contribution in [1.82, 2.24) is 10.3 Å². The fraction of sp³-hybridized carbons (Fsp3) is 0.727. The van der Waals surface area contributed by atoms with E-state index in [0.29, 0.717) is 13.0 Å². The highest BCUT2D eigenvalue weighted by molar-refractivity contribution is 7.91. The third-order valence-electron chi connectivity index (χ3n) is 2.46. The predicted molar refractivity (Wildman–Crippen MR) is 72.1 cm³/mol. The van der Waals surface area contributed by atoms with Crippen molar-refractivity contribution in [3.05, 3.63) is 16.6 Å². The van der Waals surface area contributed by atoms with Gasteiger partial charge in [0.05, 0.1) is 11.3 Å². The highest BCUT2D eigenvalue weighted by Gasteiger charge is 2.23. The summed E-state index contributed by atoms with van der Waals surface area (Å²) in [5, 5.41) is 6.15. The van der Waals surface area contributed by atoms with E-state index in [1.807, 2.05) is 26.2 Å². The Bertz CT molecular complexity index is 424. The van der Waals surface area contributed by atoms with Gasteiger partial charge in [0.25, 0.3) is 0 Å². The quantitative estimate of drug-likeness (QED) is 0.825. The summed E-state index contributed by atoms with van der Waals surface area (Å²) in [6.07, 6.45) is 2.44. The van der Waals surface area contributed by atoms with Gasteiger partial charge in [0, 0.05) is 23.9 Å². The molecule has 0 aliphatic rings. The maximum Gasteiger partial charge on any atom is 0.151 e. The van der Waals surface area contributed by atoms with Crippen LogP contribution in [0.4, 0.5) is 0 Å². The zero-order chi connectivity index (χ0) is 12.9. The van der Waals surface area contributed by atoms with Gasteiger partial charge in [-0.25, -0.2) is 13.4 Å². The summed E-state index contributed by atoms with van der Waals surface area (Å²) in [6, 6.07) is 0. The largest absolute Gasteiger partial charge is 0.305 e. The Morgan fingerprint density at radius 3 is 2.65 bits per heavy atom. The van der Waals surface area contributed by atoms with Crippen molar-refractivity contribution in [2.45, 2.75) is 32.7 Å². The molecule has 1 aromatic heterocycles. The SMILES string of the molecule is CCCS(=O)(=O)CCNC(C)(C)c1nccs1. The third-order valence-corrected chi connectivity index (χ3v) is 5.42. The van der Waals surface area contributed by atoms with Crippen molar-refractivity contribution in [3.63, 3.8) is 0 Å². The van der Waals surface area contributed by atoms with Crippen LogP contribution in [0.1, 0.15) is 32.2 Å². The van der Waals surface area contributed by atoms with Crippen LogP contribution in [0.5, 0.6) is 0 Å². The van der Waals surface area contributed by atoms with E-state index >= 15 is 0 Å². The van der Waals surface area contributed by atoms with Gasteiger partial charge in [-0.3, -0.25) is 0 Å². The second-order valence-corrected chi connectivity index (χ2v) is 7.74. The first kappa shape index (κ1) is 14.6. The predicted octanol–water partition coefficient (Wildman–Crippen LogP) is 1.79. The lowest BCUT2D eigenvalue weighted by Crippen LogP contribution is -2.39. The molecule has 0 aliphatic heterocycles. The van der Waals surface area contributed by atoms with E-state index in [0.717, 1.165) is 5.01 Å². The molecule has 6 heteroatoms. The Labute approximate surface area is 107 Å². The first-order valence-electron chi connectivity index (χ1n) is 5.73. The normalized spacial score (nSPS) is 12.9. The number of sulfone groups is 1. The fourth-order valence-electron chi connectivity index (χ4n) is 1.54. The van der Waals surface area contributed by atoms with Gasteiger partial charge in [-0.05, 0) is 20.3 Å². The summed E-state index contributed by atoms with van der Waals surface area (Å²) in [5.41, 5.74) is -0.268. The summed E-state index contributed by atoms with van der Waals surface area (Å²) in [4.78, 5) is 4.25. The summed E-state index contributed by atoms with van der Waals surface area (Å²) in [7, 11) is -2.90. The smallest absolute Gasteiger partial charge is 0.151 e. The Morgan fingerprint density at radius 1 is 1.41 bits per heavy atom. The highest BCUT2D eigenvalue weighted by Crippen LogP contribution is 2.21. The van der Waals surface area contributed by atoms with Crippen LogP contribution in [0.3, 0.4) is 0 Å². The van der Waals surface area contributed by atoms with Crippen molar-refractivity contribution in [2.24, 2.45) is 0 Å². The van der Waals surface area contributed by atoms with Gasteiger partial charge in [0.1, 0.15) is 5.01 Å². The van der Waals surface area contributed by atoms with Crippen LogP contribution < -0.4 is 5.32 Å². The number of thiazole rings is 1. The van der Waals surface area contributed by atoms with E-state index in [1.54, 1.807) is 17.5 Å². The number of hydrogen-bond acceptors (Lipinski definition) is 5. The number of nitrogens with one attached hydrogen (secondary N) is 1. The minimum absolute atomic E-state index is 0.190. The van der Waals surface area contributed by atoms with E-state index in [-0.39, 0.29) is 17.0 Å². The van der Waals surface area contributed by atoms with Gasteiger partial charge in [-0.1, -0.05) is 6.92 Å². The molecule has 17 heavy (non-hydrogen) atoms. The summed E-state index contributed by atoms with van der Waals surface area (Å²) in [5.74, 6) is 0.460. The Hall–Kier alpha value is -0.460. The second-order valence-electron chi connectivity index (χ2n) is 4.54. The van der Waals surface area contributed by atoms with Crippen molar-refractivity contribution in [2.75, 3.05) is 18.1 Å². The van der Waals surface area contributed by atoms with Crippen LogP contribution in [0, 0.1) is 0 Å². The zero-order valence-electron chi connectivity index (χ0n) is 10.6. The van der Waals surface area contributed by atoms with Crippen molar-refractivity contribution >= 4 is 21.2 Å². The van der Waals surface area contributed by atoms with Crippen LogP contribution in [0.2, 0.25) is 0 Å². The summed E-state index contributed by atoms with van der Waals surface area (Å²) >= 11 is 1.57. The van der Waals surface area contributed by atoms with Crippen molar-refractivity contribution in [3.8, 4) is 0 Å². The third kappa shape index (κ3) is 4.73. The van der Waals surface area contributed by atoms with Crippen LogP contribution in [0.15, 0.2) is 11.6 Å². The van der Waals surface area contributed by atoms with Gasteiger partial charge < -0.3 is 5.32 Å². The molecule has 0 saturated heterocycles. The monoisotopic (exact) mass is 276 g/mol. The molecule has 0 amide bonds. The van der Waals surface area contributed by atoms with Crippen LogP contribution in [-0.4, -0.2) is 31.5 Å². The van der Waals surface area contributed by atoms with Gasteiger partial charge in [-0.15, -0.1) is 11.3 Å². The van der Waals surface area contributed by atoms with Gasteiger partial charge in [0.15, 0.2) is 9.84 Å². The molecule has 0 fully saturated rings. The summed E-state index contributed by atoms with van der Waals surface area (Å²) < 4.78 is 23.1. The second kappa shape index (κ2) is 5.93. The maximum absolute atomic E-state index is 11.5. The molecule has 1 heterocycles. The maximum atomic E-state index is 11.5. The van der Waals surface area contributed by atoms with E-state index in [2.05, 4.69) is 10.3 Å². The van der Waals surface area contributed by atoms with Crippen molar-refractivity contribution < 1.29 is 8.42 Å². The number of aromatic nitrogens is 1. The molecule has 1 aromatic rings. The molecule has 0 atom stereocenters. The molecule has 1 N–H and O–H groups in total.